The molecule has 0 spiro atoms. The fourth-order valence-electron chi connectivity index (χ4n) is 1.15. The average molecular weight is 215 g/mol. The van der Waals surface area contributed by atoms with E-state index in [4.69, 9.17) is 10.5 Å². The van der Waals surface area contributed by atoms with Crippen LogP contribution in [0.5, 0.6) is 5.75 Å². The van der Waals surface area contributed by atoms with Crippen molar-refractivity contribution in [2.24, 2.45) is 0 Å². The molecule has 0 atom stereocenters. The summed E-state index contributed by atoms with van der Waals surface area (Å²) in [7, 11) is -1.52. The summed E-state index contributed by atoms with van der Waals surface area (Å²) >= 11 is 0. The molecule has 0 unspecified atom stereocenters. The number of methoxy groups -OCH3 is 1. The molecule has 0 bridgehead atoms. The number of rotatable bonds is 3. The molecule has 1 aromatic carbocycles. The number of nitrogen functional groups attached to an aromatic ring is 1. The zero-order chi connectivity index (χ0) is 10.8. The molecule has 14 heavy (non-hydrogen) atoms. The second-order valence-corrected chi connectivity index (χ2v) is 5.29. The maximum Gasteiger partial charge on any atom is 0.151 e. The lowest BCUT2D eigenvalue weighted by atomic mass is 10.2. The van der Waals surface area contributed by atoms with Crippen molar-refractivity contribution >= 4 is 15.5 Å². The predicted octanol–water partition coefficient (Wildman–Crippen LogP) is 0.822. The van der Waals surface area contributed by atoms with E-state index in [9.17, 15) is 8.42 Å². The first kappa shape index (κ1) is 10.8. The molecule has 0 radical (unpaired) electrons. The third-order valence-electron chi connectivity index (χ3n) is 1.73. The van der Waals surface area contributed by atoms with Gasteiger partial charge in [0.2, 0.25) is 0 Å². The number of nitrogens with two attached hydrogens (primary N) is 1. The molecule has 78 valence electrons. The summed E-state index contributed by atoms with van der Waals surface area (Å²) in [6.45, 7) is 0. The minimum atomic E-state index is -3.01. The molecule has 0 aliphatic carbocycles. The van der Waals surface area contributed by atoms with Crippen LogP contribution in [0, 0.1) is 0 Å². The summed E-state index contributed by atoms with van der Waals surface area (Å²) in [6.07, 6.45) is 1.19. The summed E-state index contributed by atoms with van der Waals surface area (Å²) in [5, 5.41) is 0. The number of ether oxygens (including phenoxy) is 1. The Morgan fingerprint density at radius 3 is 2.57 bits per heavy atom. The lowest BCUT2D eigenvalue weighted by molar-refractivity contribution is 0.416. The highest BCUT2D eigenvalue weighted by Gasteiger charge is 2.06. The summed E-state index contributed by atoms with van der Waals surface area (Å²) < 4.78 is 27.0. The van der Waals surface area contributed by atoms with Crippen molar-refractivity contribution in [2.45, 2.75) is 5.75 Å². The fourth-order valence-corrected chi connectivity index (χ4v) is 1.93. The van der Waals surface area contributed by atoms with Gasteiger partial charge in [0.25, 0.3) is 0 Å². The molecule has 0 saturated carbocycles. The van der Waals surface area contributed by atoms with Crippen molar-refractivity contribution in [1.82, 2.24) is 0 Å². The normalized spacial score (nSPS) is 11.3. The molecule has 0 aliphatic heterocycles. The summed E-state index contributed by atoms with van der Waals surface area (Å²) in [4.78, 5) is 0. The first-order valence-corrected chi connectivity index (χ1v) is 6.08. The largest absolute Gasteiger partial charge is 0.495 e. The maximum atomic E-state index is 11.0. The predicted molar refractivity (Wildman–Crippen MR) is 56.0 cm³/mol. The number of anilines is 1. The van der Waals surface area contributed by atoms with Gasteiger partial charge in [0.1, 0.15) is 5.75 Å². The van der Waals surface area contributed by atoms with Crippen molar-refractivity contribution in [3.8, 4) is 5.75 Å². The molecule has 0 fully saturated rings. The topological polar surface area (TPSA) is 69.4 Å². The van der Waals surface area contributed by atoms with Gasteiger partial charge in [-0.1, -0.05) is 6.07 Å². The second kappa shape index (κ2) is 3.88. The van der Waals surface area contributed by atoms with Crippen LogP contribution >= 0.6 is 0 Å². The van der Waals surface area contributed by atoms with Gasteiger partial charge in [0.05, 0.1) is 18.6 Å². The Hall–Kier alpha value is -1.23. The lowest BCUT2D eigenvalue weighted by Crippen LogP contribution is -2.01. The Bertz CT molecular complexity index is 426. The standard InChI is InChI=1S/C9H13NO3S/c1-13-9-5-7(3-4-8(9)10)6-14(2,11)12/h3-5H,6,10H2,1-2H3. The highest BCUT2D eigenvalue weighted by Crippen LogP contribution is 2.22. The van der Waals surface area contributed by atoms with Crippen molar-refractivity contribution in [2.75, 3.05) is 19.1 Å². The van der Waals surface area contributed by atoms with Gasteiger partial charge in [-0.2, -0.15) is 0 Å². The average Bonchev–Trinajstić information content (AvgIpc) is 2.06. The quantitative estimate of drug-likeness (QED) is 0.758. The summed E-state index contributed by atoms with van der Waals surface area (Å²) in [5.41, 5.74) is 6.77. The van der Waals surface area contributed by atoms with Gasteiger partial charge < -0.3 is 10.5 Å². The second-order valence-electron chi connectivity index (χ2n) is 3.15. The monoisotopic (exact) mass is 215 g/mol. The van der Waals surface area contributed by atoms with E-state index < -0.39 is 9.84 Å². The molecule has 1 aromatic rings. The van der Waals surface area contributed by atoms with Gasteiger partial charge in [-0.3, -0.25) is 0 Å². The molecule has 0 aromatic heterocycles. The Morgan fingerprint density at radius 1 is 1.43 bits per heavy atom. The van der Waals surface area contributed by atoms with Gasteiger partial charge in [-0.25, -0.2) is 8.42 Å². The molecule has 4 nitrogen and oxygen atoms in total. The van der Waals surface area contributed by atoms with Crippen LogP contribution in [0.25, 0.3) is 0 Å². The van der Waals surface area contributed by atoms with Gasteiger partial charge in [-0.15, -0.1) is 0 Å². The van der Waals surface area contributed by atoms with Gasteiger partial charge in [-0.05, 0) is 17.7 Å². The van der Waals surface area contributed by atoms with Crippen LogP contribution in [-0.4, -0.2) is 21.8 Å². The molecule has 5 heteroatoms. The van der Waals surface area contributed by atoms with Crippen molar-refractivity contribution in [3.63, 3.8) is 0 Å². The summed E-state index contributed by atoms with van der Waals surface area (Å²) in [6, 6.07) is 4.95. The van der Waals surface area contributed by atoms with Gasteiger partial charge in [0, 0.05) is 6.26 Å². The highest BCUT2D eigenvalue weighted by atomic mass is 32.2. The number of hydrogen-bond donors (Lipinski definition) is 1. The Labute approximate surface area is 83.6 Å². The Balaban J connectivity index is 3.01. The van der Waals surface area contributed by atoms with Crippen molar-refractivity contribution in [1.29, 1.82) is 0 Å². The van der Waals surface area contributed by atoms with Crippen LogP contribution in [0.3, 0.4) is 0 Å². The van der Waals surface area contributed by atoms with Crippen LogP contribution in [-0.2, 0) is 15.6 Å². The van der Waals surface area contributed by atoms with Crippen LogP contribution in [0.4, 0.5) is 5.69 Å². The summed E-state index contributed by atoms with van der Waals surface area (Å²) in [5.74, 6) is 0.509. The van der Waals surface area contributed by atoms with E-state index in [-0.39, 0.29) is 5.75 Å². The van der Waals surface area contributed by atoms with Crippen LogP contribution in [0.2, 0.25) is 0 Å². The van der Waals surface area contributed by atoms with E-state index in [1.54, 1.807) is 18.2 Å². The van der Waals surface area contributed by atoms with E-state index in [2.05, 4.69) is 0 Å². The molecule has 0 amide bonds. The van der Waals surface area contributed by atoms with E-state index in [1.165, 1.54) is 13.4 Å². The highest BCUT2D eigenvalue weighted by molar-refractivity contribution is 7.89. The maximum absolute atomic E-state index is 11.0. The molecular formula is C9H13NO3S. The smallest absolute Gasteiger partial charge is 0.151 e. The minimum Gasteiger partial charge on any atom is -0.495 e. The van der Waals surface area contributed by atoms with Crippen LogP contribution in [0.1, 0.15) is 5.56 Å². The first-order valence-electron chi connectivity index (χ1n) is 4.02. The van der Waals surface area contributed by atoms with Crippen molar-refractivity contribution < 1.29 is 13.2 Å². The number of benzene rings is 1. The van der Waals surface area contributed by atoms with E-state index in [0.29, 0.717) is 17.0 Å². The molecule has 0 aliphatic rings. The van der Waals surface area contributed by atoms with E-state index in [0.717, 1.165) is 0 Å². The van der Waals surface area contributed by atoms with E-state index >= 15 is 0 Å². The molecule has 1 rings (SSSR count). The molecule has 0 heterocycles. The number of sulfone groups is 1. The third-order valence-corrected chi connectivity index (χ3v) is 2.58. The molecule has 2 N–H and O–H groups in total. The third kappa shape index (κ3) is 2.92. The first-order chi connectivity index (χ1) is 6.42. The van der Waals surface area contributed by atoms with Crippen LogP contribution in [0.15, 0.2) is 18.2 Å². The van der Waals surface area contributed by atoms with Crippen molar-refractivity contribution in [3.05, 3.63) is 23.8 Å². The number of hydrogen-bond acceptors (Lipinski definition) is 4. The SMILES string of the molecule is COc1cc(CS(C)(=O)=O)ccc1N. The zero-order valence-corrected chi connectivity index (χ0v) is 8.97. The molecular weight excluding hydrogens is 202 g/mol. The Morgan fingerprint density at radius 2 is 2.07 bits per heavy atom. The zero-order valence-electron chi connectivity index (χ0n) is 8.15. The lowest BCUT2D eigenvalue weighted by Gasteiger charge is -2.06. The molecule has 0 saturated heterocycles. The fraction of sp³-hybridized carbons (Fsp3) is 0.333. The van der Waals surface area contributed by atoms with Gasteiger partial charge >= 0.3 is 0 Å². The van der Waals surface area contributed by atoms with Crippen LogP contribution < -0.4 is 10.5 Å². The van der Waals surface area contributed by atoms with E-state index in [1.807, 2.05) is 0 Å². The minimum absolute atomic E-state index is 0.00361. The Kier molecular flexibility index (Phi) is 3.00. The van der Waals surface area contributed by atoms with Gasteiger partial charge in [0.15, 0.2) is 9.84 Å².